The van der Waals surface area contributed by atoms with Crippen molar-refractivity contribution >= 4 is 11.7 Å². The fourth-order valence-electron chi connectivity index (χ4n) is 1.81. The average molecular weight is 273 g/mol. The zero-order valence-electron chi connectivity index (χ0n) is 11.6. The van der Waals surface area contributed by atoms with E-state index in [2.05, 4.69) is 22.9 Å². The lowest BCUT2D eigenvalue weighted by Crippen LogP contribution is -2.28. The van der Waals surface area contributed by atoms with Gasteiger partial charge in [0.15, 0.2) is 0 Å². The van der Waals surface area contributed by atoms with Crippen LogP contribution in [0.1, 0.15) is 24.3 Å². The number of amides is 2. The number of carbonyl (C=O) groups excluding carboxylic acids is 1. The predicted octanol–water partition coefficient (Wildman–Crippen LogP) is 2.88. The molecule has 1 heterocycles. The maximum Gasteiger partial charge on any atom is 0.319 e. The normalized spacial score (nSPS) is 11.9. The van der Waals surface area contributed by atoms with Crippen LogP contribution in [0.15, 0.2) is 47.1 Å². The van der Waals surface area contributed by atoms with Crippen LogP contribution in [-0.2, 0) is 6.54 Å². The summed E-state index contributed by atoms with van der Waals surface area (Å²) in [5.74, 6) is 0.720. The maximum absolute atomic E-state index is 11.8. The Morgan fingerprint density at radius 2 is 2.15 bits per heavy atom. The fourth-order valence-corrected chi connectivity index (χ4v) is 1.81. The Hall–Kier alpha value is -2.27. The summed E-state index contributed by atoms with van der Waals surface area (Å²) in [5.41, 5.74) is 1.89. The standard InChI is InChI=1S/C15H19N3O2/c1-11(16-2)12-5-3-6-13(9-12)18-15(19)17-10-14-7-4-8-20-14/h3-9,11,16H,10H2,1-2H3,(H2,17,18,19). The van der Waals surface area contributed by atoms with Gasteiger partial charge >= 0.3 is 6.03 Å². The molecule has 5 heteroatoms. The summed E-state index contributed by atoms with van der Waals surface area (Å²) < 4.78 is 5.15. The summed E-state index contributed by atoms with van der Waals surface area (Å²) in [6.45, 7) is 2.43. The highest BCUT2D eigenvalue weighted by atomic mass is 16.3. The van der Waals surface area contributed by atoms with Gasteiger partial charge in [0, 0.05) is 11.7 Å². The first kappa shape index (κ1) is 14.1. The Morgan fingerprint density at radius 3 is 2.85 bits per heavy atom. The molecule has 0 fully saturated rings. The number of rotatable bonds is 5. The number of nitrogens with one attached hydrogen (secondary N) is 3. The van der Waals surface area contributed by atoms with E-state index in [0.29, 0.717) is 6.54 Å². The zero-order chi connectivity index (χ0) is 14.4. The summed E-state index contributed by atoms with van der Waals surface area (Å²) in [5, 5.41) is 8.71. The molecule has 1 unspecified atom stereocenters. The van der Waals surface area contributed by atoms with E-state index in [9.17, 15) is 4.79 Å². The number of anilines is 1. The summed E-state index contributed by atoms with van der Waals surface area (Å²) in [6, 6.07) is 11.3. The van der Waals surface area contributed by atoms with Gasteiger partial charge in [-0.3, -0.25) is 0 Å². The molecule has 1 atom stereocenters. The third-order valence-electron chi connectivity index (χ3n) is 3.08. The minimum Gasteiger partial charge on any atom is -0.467 e. The summed E-state index contributed by atoms with van der Waals surface area (Å²) in [6.07, 6.45) is 1.58. The minimum atomic E-state index is -0.254. The van der Waals surface area contributed by atoms with Gasteiger partial charge < -0.3 is 20.4 Å². The SMILES string of the molecule is CNC(C)c1cccc(NC(=O)NCc2ccco2)c1. The predicted molar refractivity (Wildman–Crippen MR) is 78.5 cm³/mol. The highest BCUT2D eigenvalue weighted by Crippen LogP contribution is 2.16. The topological polar surface area (TPSA) is 66.3 Å². The quantitative estimate of drug-likeness (QED) is 0.784. The second-order valence-electron chi connectivity index (χ2n) is 4.52. The van der Waals surface area contributed by atoms with Crippen molar-refractivity contribution in [1.82, 2.24) is 10.6 Å². The Bertz CT molecular complexity index is 552. The van der Waals surface area contributed by atoms with Gasteiger partial charge in [-0.05, 0) is 43.8 Å². The van der Waals surface area contributed by atoms with Gasteiger partial charge in [0.05, 0.1) is 12.8 Å². The number of hydrogen-bond donors (Lipinski definition) is 3. The smallest absolute Gasteiger partial charge is 0.319 e. The molecule has 5 nitrogen and oxygen atoms in total. The van der Waals surface area contributed by atoms with E-state index >= 15 is 0 Å². The Kier molecular flexibility index (Phi) is 4.79. The molecule has 1 aromatic carbocycles. The first-order valence-corrected chi connectivity index (χ1v) is 6.53. The molecule has 0 aliphatic heterocycles. The molecule has 1 aromatic heterocycles. The third-order valence-corrected chi connectivity index (χ3v) is 3.08. The molecule has 20 heavy (non-hydrogen) atoms. The molecule has 0 saturated heterocycles. The number of benzene rings is 1. The van der Waals surface area contributed by atoms with E-state index in [4.69, 9.17) is 4.42 Å². The first-order chi connectivity index (χ1) is 9.69. The number of carbonyl (C=O) groups is 1. The van der Waals surface area contributed by atoms with E-state index in [1.165, 1.54) is 0 Å². The molecule has 0 saturated carbocycles. The van der Waals surface area contributed by atoms with Crippen LogP contribution in [0.3, 0.4) is 0 Å². The zero-order valence-corrected chi connectivity index (χ0v) is 11.6. The largest absolute Gasteiger partial charge is 0.467 e. The van der Waals surface area contributed by atoms with E-state index in [0.717, 1.165) is 17.0 Å². The van der Waals surface area contributed by atoms with E-state index in [1.54, 1.807) is 12.3 Å². The molecular weight excluding hydrogens is 254 g/mol. The van der Waals surface area contributed by atoms with Crippen molar-refractivity contribution in [2.45, 2.75) is 19.5 Å². The van der Waals surface area contributed by atoms with Crippen LogP contribution in [0, 0.1) is 0 Å². The van der Waals surface area contributed by atoms with Crippen molar-refractivity contribution in [1.29, 1.82) is 0 Å². The van der Waals surface area contributed by atoms with Crippen LogP contribution >= 0.6 is 0 Å². The molecule has 3 N–H and O–H groups in total. The molecule has 0 aliphatic carbocycles. The average Bonchev–Trinajstić information content (AvgIpc) is 2.98. The van der Waals surface area contributed by atoms with Crippen LogP contribution < -0.4 is 16.0 Å². The van der Waals surface area contributed by atoms with Gasteiger partial charge in [-0.25, -0.2) is 4.79 Å². The fraction of sp³-hybridized carbons (Fsp3) is 0.267. The van der Waals surface area contributed by atoms with Crippen LogP contribution in [0.25, 0.3) is 0 Å². The number of hydrogen-bond acceptors (Lipinski definition) is 3. The van der Waals surface area contributed by atoms with Gasteiger partial charge in [0.2, 0.25) is 0 Å². The molecule has 0 radical (unpaired) electrons. The van der Waals surface area contributed by atoms with Gasteiger partial charge in [0.1, 0.15) is 5.76 Å². The van der Waals surface area contributed by atoms with E-state index in [1.807, 2.05) is 37.4 Å². The Morgan fingerprint density at radius 1 is 1.30 bits per heavy atom. The van der Waals surface area contributed by atoms with Crippen LogP contribution in [0.2, 0.25) is 0 Å². The molecule has 106 valence electrons. The summed E-state index contributed by atoms with van der Waals surface area (Å²) in [7, 11) is 1.90. The van der Waals surface area contributed by atoms with Crippen molar-refractivity contribution in [3.8, 4) is 0 Å². The molecular formula is C15H19N3O2. The van der Waals surface area contributed by atoms with Crippen molar-refractivity contribution in [3.63, 3.8) is 0 Å². The lowest BCUT2D eigenvalue weighted by Gasteiger charge is -2.12. The van der Waals surface area contributed by atoms with Crippen molar-refractivity contribution in [2.24, 2.45) is 0 Å². The molecule has 2 amide bonds. The molecule has 0 aliphatic rings. The minimum absolute atomic E-state index is 0.239. The lowest BCUT2D eigenvalue weighted by molar-refractivity contribution is 0.251. The van der Waals surface area contributed by atoms with Gasteiger partial charge in [0.25, 0.3) is 0 Å². The van der Waals surface area contributed by atoms with Crippen LogP contribution in [-0.4, -0.2) is 13.1 Å². The van der Waals surface area contributed by atoms with Gasteiger partial charge in [-0.2, -0.15) is 0 Å². The molecule has 0 bridgehead atoms. The van der Waals surface area contributed by atoms with Crippen molar-refractivity contribution in [3.05, 3.63) is 54.0 Å². The van der Waals surface area contributed by atoms with Crippen LogP contribution in [0.4, 0.5) is 10.5 Å². The first-order valence-electron chi connectivity index (χ1n) is 6.53. The van der Waals surface area contributed by atoms with Crippen molar-refractivity contribution in [2.75, 3.05) is 12.4 Å². The lowest BCUT2D eigenvalue weighted by atomic mass is 10.1. The van der Waals surface area contributed by atoms with Crippen molar-refractivity contribution < 1.29 is 9.21 Å². The van der Waals surface area contributed by atoms with E-state index in [-0.39, 0.29) is 12.1 Å². The maximum atomic E-state index is 11.8. The Labute approximate surface area is 118 Å². The number of furan rings is 1. The molecule has 2 aromatic rings. The summed E-state index contributed by atoms with van der Waals surface area (Å²) in [4.78, 5) is 11.8. The highest BCUT2D eigenvalue weighted by Gasteiger charge is 2.06. The highest BCUT2D eigenvalue weighted by molar-refractivity contribution is 5.89. The van der Waals surface area contributed by atoms with Crippen LogP contribution in [0.5, 0.6) is 0 Å². The summed E-state index contributed by atoms with van der Waals surface area (Å²) >= 11 is 0. The van der Waals surface area contributed by atoms with Gasteiger partial charge in [-0.1, -0.05) is 12.1 Å². The second-order valence-corrected chi connectivity index (χ2v) is 4.52. The number of urea groups is 1. The second kappa shape index (κ2) is 6.77. The Balaban J connectivity index is 1.90. The van der Waals surface area contributed by atoms with E-state index < -0.39 is 0 Å². The molecule has 2 rings (SSSR count). The van der Waals surface area contributed by atoms with Gasteiger partial charge in [-0.15, -0.1) is 0 Å². The molecule has 0 spiro atoms. The third kappa shape index (κ3) is 3.86. The monoisotopic (exact) mass is 273 g/mol.